The first kappa shape index (κ1) is 25.5. The van der Waals surface area contributed by atoms with Crippen LogP contribution in [0.1, 0.15) is 53.9 Å². The third-order valence-corrected chi connectivity index (χ3v) is 2.85. The average molecular weight is 381 g/mol. The Balaban J connectivity index is 0. The molecule has 0 aliphatic rings. The molecule has 1 atom stereocenters. The molecule has 0 unspecified atom stereocenters. The third-order valence-electron chi connectivity index (χ3n) is 2.85. The number of hydrogen-bond acceptors (Lipinski definition) is 4. The summed E-state index contributed by atoms with van der Waals surface area (Å²) in [5.74, 6) is -0.313. The number of nitrogens with zero attached hydrogens (tertiary/aromatic N) is 1. The number of rotatable bonds is 9. The summed E-state index contributed by atoms with van der Waals surface area (Å²) in [6.45, 7) is 11.3. The van der Waals surface area contributed by atoms with Crippen LogP contribution in [0.15, 0.2) is 4.99 Å². The molecule has 0 aromatic carbocycles. The van der Waals surface area contributed by atoms with Crippen molar-refractivity contribution in [2.24, 2.45) is 4.99 Å². The van der Waals surface area contributed by atoms with Gasteiger partial charge in [-0.15, -0.1) is 12.4 Å². The third kappa shape index (κ3) is 14.4. The molecule has 0 fully saturated rings. The fraction of sp³-hybridized carbons (Fsp3) is 0.812. The average Bonchev–Trinajstić information content (AvgIpc) is 2.43. The molecule has 0 heterocycles. The summed E-state index contributed by atoms with van der Waals surface area (Å²) in [4.78, 5) is 27.3. The molecular weight excluding hydrogens is 348 g/mol. The van der Waals surface area contributed by atoms with Gasteiger partial charge in [0.15, 0.2) is 5.96 Å². The van der Waals surface area contributed by atoms with Gasteiger partial charge in [0.25, 0.3) is 0 Å². The maximum atomic E-state index is 11.7. The number of carboxylic acids is 1. The Hall–Kier alpha value is -1.70. The van der Waals surface area contributed by atoms with E-state index in [-0.39, 0.29) is 12.4 Å². The van der Waals surface area contributed by atoms with Gasteiger partial charge in [0.2, 0.25) is 0 Å². The molecule has 0 aliphatic carbocycles. The standard InChI is InChI=1S/C16H32N4O4.ClH/c1-6-17-14(18-7-2)19-11-9-8-10-12(13(21)22)20-15(23)24-16(3,4)5;/h12H,6-11H2,1-5H3,(H,20,23)(H,21,22)(H2,17,18,19);1H/t12-;/m1./s1. The van der Waals surface area contributed by atoms with Gasteiger partial charge in [0.05, 0.1) is 0 Å². The lowest BCUT2D eigenvalue weighted by molar-refractivity contribution is -0.139. The first-order valence-electron chi connectivity index (χ1n) is 8.44. The van der Waals surface area contributed by atoms with Crippen LogP contribution < -0.4 is 16.0 Å². The molecular formula is C16H33ClN4O4. The first-order valence-corrected chi connectivity index (χ1v) is 8.44. The predicted octanol–water partition coefficient (Wildman–Crippen LogP) is 2.13. The van der Waals surface area contributed by atoms with Gasteiger partial charge < -0.3 is 25.8 Å². The van der Waals surface area contributed by atoms with Crippen molar-refractivity contribution in [3.8, 4) is 0 Å². The Kier molecular flexibility index (Phi) is 13.9. The number of guanidine groups is 1. The lowest BCUT2D eigenvalue weighted by Crippen LogP contribution is -2.43. The van der Waals surface area contributed by atoms with Crippen molar-refractivity contribution in [2.75, 3.05) is 19.6 Å². The van der Waals surface area contributed by atoms with Gasteiger partial charge in [0.1, 0.15) is 11.6 Å². The number of hydrogen-bond donors (Lipinski definition) is 4. The molecule has 9 heteroatoms. The Labute approximate surface area is 156 Å². The molecule has 0 spiro atoms. The second-order valence-electron chi connectivity index (χ2n) is 6.32. The van der Waals surface area contributed by atoms with E-state index < -0.39 is 23.7 Å². The summed E-state index contributed by atoms with van der Waals surface area (Å²) in [5.41, 5.74) is -0.656. The van der Waals surface area contributed by atoms with Crippen LogP contribution in [-0.4, -0.2) is 54.4 Å². The van der Waals surface area contributed by atoms with Gasteiger partial charge in [-0.25, -0.2) is 9.59 Å². The van der Waals surface area contributed by atoms with E-state index in [0.717, 1.165) is 25.5 Å². The molecule has 0 rings (SSSR count). The molecule has 0 saturated heterocycles. The van der Waals surface area contributed by atoms with E-state index in [9.17, 15) is 14.7 Å². The van der Waals surface area contributed by atoms with Gasteiger partial charge in [0, 0.05) is 19.6 Å². The quantitative estimate of drug-likeness (QED) is 0.277. The number of carbonyl (C=O) groups excluding carboxylic acids is 1. The lowest BCUT2D eigenvalue weighted by atomic mass is 10.1. The van der Waals surface area contributed by atoms with Gasteiger partial charge >= 0.3 is 12.1 Å². The number of ether oxygens (including phenoxy) is 1. The zero-order chi connectivity index (χ0) is 18.6. The fourth-order valence-electron chi connectivity index (χ4n) is 1.87. The molecule has 0 radical (unpaired) electrons. The molecule has 25 heavy (non-hydrogen) atoms. The number of aliphatic imine (C=N–C) groups is 1. The zero-order valence-electron chi connectivity index (χ0n) is 15.8. The van der Waals surface area contributed by atoms with Crippen molar-refractivity contribution in [3.05, 3.63) is 0 Å². The molecule has 0 aromatic heterocycles. The second kappa shape index (κ2) is 13.6. The second-order valence-corrected chi connectivity index (χ2v) is 6.32. The van der Waals surface area contributed by atoms with Crippen molar-refractivity contribution in [1.82, 2.24) is 16.0 Å². The summed E-state index contributed by atoms with van der Waals surface area (Å²) in [6.07, 6.45) is 0.999. The van der Waals surface area contributed by atoms with Crippen LogP contribution in [-0.2, 0) is 9.53 Å². The zero-order valence-corrected chi connectivity index (χ0v) is 16.7. The number of carboxylic acid groups (broad SMARTS) is 1. The highest BCUT2D eigenvalue weighted by Gasteiger charge is 2.23. The summed E-state index contributed by atoms with van der Waals surface area (Å²) < 4.78 is 5.08. The number of carbonyl (C=O) groups is 2. The normalized spacial score (nSPS) is 11.6. The number of aliphatic carboxylic acids is 1. The maximum absolute atomic E-state index is 11.7. The molecule has 0 saturated carbocycles. The van der Waals surface area contributed by atoms with E-state index in [2.05, 4.69) is 20.9 Å². The van der Waals surface area contributed by atoms with Crippen LogP contribution in [0.2, 0.25) is 0 Å². The van der Waals surface area contributed by atoms with Crippen LogP contribution in [0.3, 0.4) is 0 Å². The fourth-order valence-corrected chi connectivity index (χ4v) is 1.87. The highest BCUT2D eigenvalue weighted by Crippen LogP contribution is 2.08. The number of unbranched alkanes of at least 4 members (excludes halogenated alkanes) is 1. The van der Waals surface area contributed by atoms with Crippen molar-refractivity contribution >= 4 is 30.4 Å². The Bertz CT molecular complexity index is 417. The Morgan fingerprint density at radius 3 is 2.12 bits per heavy atom. The minimum absolute atomic E-state index is 0. The van der Waals surface area contributed by atoms with E-state index in [1.165, 1.54) is 0 Å². The topological polar surface area (TPSA) is 112 Å². The van der Waals surface area contributed by atoms with E-state index in [4.69, 9.17) is 4.74 Å². The van der Waals surface area contributed by atoms with Crippen molar-refractivity contribution in [1.29, 1.82) is 0 Å². The van der Waals surface area contributed by atoms with Crippen molar-refractivity contribution in [3.63, 3.8) is 0 Å². The van der Waals surface area contributed by atoms with Gasteiger partial charge in [-0.05, 0) is 53.9 Å². The van der Waals surface area contributed by atoms with Crippen molar-refractivity contribution < 1.29 is 19.4 Å². The van der Waals surface area contributed by atoms with Crippen LogP contribution >= 0.6 is 12.4 Å². The van der Waals surface area contributed by atoms with Crippen molar-refractivity contribution in [2.45, 2.75) is 65.5 Å². The predicted molar refractivity (Wildman–Crippen MR) is 102 cm³/mol. The Morgan fingerprint density at radius 2 is 1.68 bits per heavy atom. The highest BCUT2D eigenvalue weighted by atomic mass is 35.5. The summed E-state index contributed by atoms with van der Waals surface area (Å²) in [7, 11) is 0. The number of amides is 1. The molecule has 1 amide bonds. The van der Waals surface area contributed by atoms with Gasteiger partial charge in [-0.3, -0.25) is 4.99 Å². The lowest BCUT2D eigenvalue weighted by Gasteiger charge is -2.22. The van der Waals surface area contributed by atoms with E-state index in [1.807, 2.05) is 13.8 Å². The number of nitrogens with one attached hydrogen (secondary N) is 3. The Morgan fingerprint density at radius 1 is 1.12 bits per heavy atom. The summed E-state index contributed by atoms with van der Waals surface area (Å²) in [6, 6.07) is -0.953. The van der Waals surface area contributed by atoms with Crippen LogP contribution in [0.25, 0.3) is 0 Å². The monoisotopic (exact) mass is 380 g/mol. The SMILES string of the molecule is CCNC(=NCCCC[C@@H](NC(=O)OC(C)(C)C)C(=O)O)NCC.Cl. The van der Waals surface area contributed by atoms with E-state index in [1.54, 1.807) is 20.8 Å². The molecule has 0 aliphatic heterocycles. The van der Waals surface area contributed by atoms with Crippen LogP contribution in [0, 0.1) is 0 Å². The van der Waals surface area contributed by atoms with Gasteiger partial charge in [-0.1, -0.05) is 0 Å². The number of alkyl carbamates (subject to hydrolysis) is 1. The molecule has 0 aromatic rings. The first-order chi connectivity index (χ1) is 11.2. The molecule has 4 N–H and O–H groups in total. The largest absolute Gasteiger partial charge is 0.480 e. The summed E-state index contributed by atoms with van der Waals surface area (Å²) in [5, 5.41) is 17.8. The molecule has 148 valence electrons. The van der Waals surface area contributed by atoms with Crippen LogP contribution in [0.5, 0.6) is 0 Å². The highest BCUT2D eigenvalue weighted by molar-refractivity contribution is 5.85. The molecule has 0 bridgehead atoms. The maximum Gasteiger partial charge on any atom is 0.408 e. The summed E-state index contributed by atoms with van der Waals surface area (Å²) >= 11 is 0. The molecule has 8 nitrogen and oxygen atoms in total. The minimum atomic E-state index is -1.06. The number of halogens is 1. The van der Waals surface area contributed by atoms with E-state index in [0.29, 0.717) is 19.4 Å². The van der Waals surface area contributed by atoms with Crippen LogP contribution in [0.4, 0.5) is 4.79 Å². The minimum Gasteiger partial charge on any atom is -0.480 e. The van der Waals surface area contributed by atoms with E-state index >= 15 is 0 Å². The smallest absolute Gasteiger partial charge is 0.408 e. The van der Waals surface area contributed by atoms with Gasteiger partial charge in [-0.2, -0.15) is 0 Å².